The highest BCUT2D eigenvalue weighted by Crippen LogP contribution is 2.28. The van der Waals surface area contributed by atoms with E-state index in [1.165, 1.54) is 13.0 Å². The number of carbonyl (C=O) groups is 1. The number of aromatic nitrogens is 3. The molecule has 0 aliphatic heterocycles. The Bertz CT molecular complexity index is 559. The second kappa shape index (κ2) is 3.29. The molecule has 0 bridgehead atoms. The van der Waals surface area contributed by atoms with Crippen molar-refractivity contribution in [1.82, 2.24) is 14.6 Å². The lowest BCUT2D eigenvalue weighted by molar-refractivity contribution is -0.138. The number of nitrogens with zero attached hydrogens (tertiary/aromatic N) is 3. The van der Waals surface area contributed by atoms with Crippen molar-refractivity contribution in [2.45, 2.75) is 13.1 Å². The summed E-state index contributed by atoms with van der Waals surface area (Å²) in [5, 5.41) is 3.69. The molecule has 0 atom stereocenters. The van der Waals surface area contributed by atoms with Gasteiger partial charge in [-0.2, -0.15) is 18.3 Å². The summed E-state index contributed by atoms with van der Waals surface area (Å²) in [6, 6.07) is 1.34. The molecule has 0 saturated heterocycles. The predicted octanol–water partition coefficient (Wildman–Crippen LogP) is 1.95. The zero-order valence-corrected chi connectivity index (χ0v) is 8.12. The van der Waals surface area contributed by atoms with Crippen molar-refractivity contribution < 1.29 is 18.0 Å². The summed E-state index contributed by atoms with van der Waals surface area (Å²) in [5.41, 5.74) is -0.608. The summed E-state index contributed by atoms with van der Waals surface area (Å²) >= 11 is 0. The second-order valence-electron chi connectivity index (χ2n) is 3.23. The van der Waals surface area contributed by atoms with Crippen molar-refractivity contribution in [3.8, 4) is 0 Å². The Morgan fingerprint density at radius 1 is 1.44 bits per heavy atom. The third-order valence-corrected chi connectivity index (χ3v) is 2.00. The number of hydrogen-bond donors (Lipinski definition) is 0. The summed E-state index contributed by atoms with van der Waals surface area (Å²) in [4.78, 5) is 14.5. The van der Waals surface area contributed by atoms with Crippen LogP contribution in [0.1, 0.15) is 23.0 Å². The van der Waals surface area contributed by atoms with Gasteiger partial charge >= 0.3 is 6.18 Å². The molecule has 4 nitrogen and oxygen atoms in total. The molecule has 0 fully saturated rings. The van der Waals surface area contributed by atoms with E-state index in [9.17, 15) is 18.0 Å². The summed E-state index contributed by atoms with van der Waals surface area (Å²) in [7, 11) is 0. The number of hydrogen-bond acceptors (Lipinski definition) is 3. The van der Waals surface area contributed by atoms with Crippen LogP contribution in [0.2, 0.25) is 0 Å². The van der Waals surface area contributed by atoms with E-state index in [-0.39, 0.29) is 17.1 Å². The highest BCUT2D eigenvalue weighted by atomic mass is 19.4. The minimum Gasteiger partial charge on any atom is -0.293 e. The number of Topliss-reactive ketones (excluding diaryl/α,β-unsaturated/α-hetero) is 1. The molecule has 0 aliphatic rings. The summed E-state index contributed by atoms with van der Waals surface area (Å²) in [6.45, 7) is 1.28. The molecule has 0 aromatic carbocycles. The van der Waals surface area contributed by atoms with Crippen LogP contribution in [0.15, 0.2) is 18.5 Å². The first kappa shape index (κ1) is 10.6. The number of ketones is 1. The quantitative estimate of drug-likeness (QED) is 0.702. The first-order valence-electron chi connectivity index (χ1n) is 4.31. The van der Waals surface area contributed by atoms with Crippen LogP contribution in [-0.2, 0) is 6.18 Å². The van der Waals surface area contributed by atoms with Crippen LogP contribution in [0.25, 0.3) is 5.65 Å². The molecule has 2 heterocycles. The maximum atomic E-state index is 12.3. The van der Waals surface area contributed by atoms with Gasteiger partial charge in [0.15, 0.2) is 11.4 Å². The molecule has 16 heavy (non-hydrogen) atoms. The number of alkyl halides is 3. The van der Waals surface area contributed by atoms with Gasteiger partial charge in [-0.25, -0.2) is 9.50 Å². The molecule has 7 heteroatoms. The zero-order chi connectivity index (χ0) is 11.9. The fraction of sp³-hybridized carbons (Fsp3) is 0.222. The van der Waals surface area contributed by atoms with E-state index in [0.29, 0.717) is 6.20 Å². The lowest BCUT2D eigenvalue weighted by atomic mass is 10.3. The monoisotopic (exact) mass is 229 g/mol. The average Bonchev–Trinajstić information content (AvgIpc) is 2.58. The number of halogens is 3. The molecule has 0 saturated carbocycles. The largest absolute Gasteiger partial charge is 0.419 e. The van der Waals surface area contributed by atoms with Gasteiger partial charge in [0.25, 0.3) is 0 Å². The van der Waals surface area contributed by atoms with Crippen LogP contribution >= 0.6 is 0 Å². The summed E-state index contributed by atoms with van der Waals surface area (Å²) in [5.74, 6) is -0.320. The van der Waals surface area contributed by atoms with Gasteiger partial charge in [0.2, 0.25) is 0 Å². The number of fused-ring (bicyclic) bond motifs is 1. The molecule has 0 radical (unpaired) electrons. The molecule has 0 spiro atoms. The SMILES string of the molecule is CC(=O)c1cc2ncc(C(F)(F)F)cn2n1. The maximum Gasteiger partial charge on any atom is 0.419 e. The van der Waals surface area contributed by atoms with Gasteiger partial charge in [0.05, 0.1) is 5.56 Å². The lowest BCUT2D eigenvalue weighted by Crippen LogP contribution is -2.07. The standard InChI is InChI=1S/C9H6F3N3O/c1-5(16)7-2-8-13-3-6(9(10,11)12)4-15(8)14-7/h2-4H,1H3. The Kier molecular flexibility index (Phi) is 2.18. The minimum atomic E-state index is -4.47. The van der Waals surface area contributed by atoms with Crippen LogP contribution in [0.3, 0.4) is 0 Å². The molecule has 0 N–H and O–H groups in total. The fourth-order valence-electron chi connectivity index (χ4n) is 1.20. The van der Waals surface area contributed by atoms with E-state index in [1.54, 1.807) is 0 Å². The van der Waals surface area contributed by atoms with Crippen molar-refractivity contribution in [2.24, 2.45) is 0 Å². The van der Waals surface area contributed by atoms with Gasteiger partial charge in [-0.05, 0) is 0 Å². The maximum absolute atomic E-state index is 12.3. The minimum absolute atomic E-state index is 0.0897. The van der Waals surface area contributed by atoms with Crippen molar-refractivity contribution in [3.63, 3.8) is 0 Å². The Morgan fingerprint density at radius 3 is 2.69 bits per heavy atom. The van der Waals surface area contributed by atoms with Gasteiger partial charge < -0.3 is 0 Å². The van der Waals surface area contributed by atoms with Crippen molar-refractivity contribution >= 4 is 11.4 Å². The molecule has 2 aromatic heterocycles. The Morgan fingerprint density at radius 2 is 2.12 bits per heavy atom. The second-order valence-corrected chi connectivity index (χ2v) is 3.23. The van der Waals surface area contributed by atoms with E-state index in [1.807, 2.05) is 0 Å². The first-order valence-corrected chi connectivity index (χ1v) is 4.31. The molecule has 0 unspecified atom stereocenters. The van der Waals surface area contributed by atoms with E-state index >= 15 is 0 Å². The lowest BCUT2D eigenvalue weighted by Gasteiger charge is -2.04. The molecule has 84 valence electrons. The van der Waals surface area contributed by atoms with E-state index in [0.717, 1.165) is 10.7 Å². The van der Waals surface area contributed by atoms with E-state index in [4.69, 9.17) is 0 Å². The Balaban J connectivity index is 2.58. The van der Waals surface area contributed by atoms with E-state index in [2.05, 4.69) is 10.1 Å². The summed E-state index contributed by atoms with van der Waals surface area (Å²) < 4.78 is 37.9. The van der Waals surface area contributed by atoms with Gasteiger partial charge in [-0.3, -0.25) is 4.79 Å². The van der Waals surface area contributed by atoms with Crippen LogP contribution in [-0.4, -0.2) is 20.4 Å². The first-order chi connectivity index (χ1) is 7.38. The van der Waals surface area contributed by atoms with Crippen LogP contribution in [0.4, 0.5) is 13.2 Å². The van der Waals surface area contributed by atoms with Crippen LogP contribution < -0.4 is 0 Å². The normalized spacial score (nSPS) is 12.0. The van der Waals surface area contributed by atoms with Crippen LogP contribution in [0, 0.1) is 0 Å². The summed E-state index contributed by atoms with van der Waals surface area (Å²) in [6.07, 6.45) is -2.96. The van der Waals surface area contributed by atoms with Gasteiger partial charge in [-0.1, -0.05) is 0 Å². The van der Waals surface area contributed by atoms with Gasteiger partial charge in [-0.15, -0.1) is 0 Å². The zero-order valence-electron chi connectivity index (χ0n) is 8.12. The molecule has 2 rings (SSSR count). The van der Waals surface area contributed by atoms with Gasteiger partial charge in [0.1, 0.15) is 5.69 Å². The smallest absolute Gasteiger partial charge is 0.293 e. The van der Waals surface area contributed by atoms with Crippen molar-refractivity contribution in [1.29, 1.82) is 0 Å². The number of carbonyl (C=O) groups excluding carboxylic acids is 1. The van der Waals surface area contributed by atoms with E-state index < -0.39 is 11.7 Å². The number of rotatable bonds is 1. The van der Waals surface area contributed by atoms with Crippen molar-refractivity contribution in [3.05, 3.63) is 29.7 Å². The molecule has 2 aromatic rings. The van der Waals surface area contributed by atoms with Gasteiger partial charge in [0, 0.05) is 25.4 Å². The Labute approximate surface area is 87.7 Å². The fourth-order valence-corrected chi connectivity index (χ4v) is 1.20. The average molecular weight is 229 g/mol. The predicted molar refractivity (Wildman–Crippen MR) is 48.0 cm³/mol. The molecule has 0 aliphatic carbocycles. The molecule has 0 amide bonds. The van der Waals surface area contributed by atoms with Crippen LogP contribution in [0.5, 0.6) is 0 Å². The Hall–Kier alpha value is -1.92. The molecular weight excluding hydrogens is 223 g/mol. The third kappa shape index (κ3) is 1.75. The highest BCUT2D eigenvalue weighted by molar-refractivity contribution is 5.93. The molecular formula is C9H6F3N3O. The third-order valence-electron chi connectivity index (χ3n) is 2.00. The topological polar surface area (TPSA) is 47.3 Å². The van der Waals surface area contributed by atoms with Crippen molar-refractivity contribution in [2.75, 3.05) is 0 Å². The highest BCUT2D eigenvalue weighted by Gasteiger charge is 2.31.